The van der Waals surface area contributed by atoms with Crippen LogP contribution in [0.2, 0.25) is 0 Å². The molecule has 0 spiro atoms. The Morgan fingerprint density at radius 1 is 1.44 bits per heavy atom. The van der Waals surface area contributed by atoms with Crippen molar-refractivity contribution in [2.24, 2.45) is 17.3 Å². The van der Waals surface area contributed by atoms with Crippen molar-refractivity contribution in [1.29, 1.82) is 0 Å². The summed E-state index contributed by atoms with van der Waals surface area (Å²) in [6, 6.07) is 0. The highest BCUT2D eigenvalue weighted by Crippen LogP contribution is 2.44. The van der Waals surface area contributed by atoms with E-state index in [9.17, 15) is 15.0 Å². The third kappa shape index (κ3) is 4.25. The first-order valence-corrected chi connectivity index (χ1v) is 6.81. The number of hydrogen-bond acceptors (Lipinski definition) is 3. The zero-order chi connectivity index (χ0) is 13.9. The molecule has 0 aromatic carbocycles. The fourth-order valence-corrected chi connectivity index (χ4v) is 3.27. The van der Waals surface area contributed by atoms with E-state index in [4.69, 9.17) is 5.11 Å². The van der Waals surface area contributed by atoms with Gasteiger partial charge in [0.25, 0.3) is 0 Å². The van der Waals surface area contributed by atoms with Crippen molar-refractivity contribution in [3.05, 3.63) is 0 Å². The molecule has 0 aliphatic heterocycles. The number of aliphatic hydroxyl groups excluding tert-OH is 2. The Morgan fingerprint density at radius 2 is 2.06 bits per heavy atom. The summed E-state index contributed by atoms with van der Waals surface area (Å²) in [5.41, 5.74) is -0.139. The van der Waals surface area contributed by atoms with Gasteiger partial charge in [-0.25, -0.2) is 0 Å². The molecule has 0 aromatic rings. The molecule has 1 saturated carbocycles. The van der Waals surface area contributed by atoms with Gasteiger partial charge in [0, 0.05) is 0 Å². The molecule has 4 atom stereocenters. The molecular weight excluding hydrogens is 232 g/mol. The third-order valence-corrected chi connectivity index (χ3v) is 4.27. The van der Waals surface area contributed by atoms with Crippen LogP contribution in [0.5, 0.6) is 0 Å². The second kappa shape index (κ2) is 6.02. The van der Waals surface area contributed by atoms with Crippen LogP contribution in [0.25, 0.3) is 0 Å². The summed E-state index contributed by atoms with van der Waals surface area (Å²) in [5.74, 6) is -0.175. The van der Waals surface area contributed by atoms with Crippen LogP contribution in [-0.2, 0) is 4.79 Å². The molecule has 3 N–H and O–H groups in total. The number of aliphatic hydroxyl groups is 2. The Kier molecular flexibility index (Phi) is 5.17. The topological polar surface area (TPSA) is 77.8 Å². The van der Waals surface area contributed by atoms with Gasteiger partial charge < -0.3 is 15.3 Å². The van der Waals surface area contributed by atoms with Gasteiger partial charge >= 0.3 is 5.97 Å². The lowest BCUT2D eigenvalue weighted by Gasteiger charge is -2.43. The molecule has 1 aliphatic carbocycles. The first-order valence-electron chi connectivity index (χ1n) is 6.81. The van der Waals surface area contributed by atoms with Crippen molar-refractivity contribution >= 4 is 5.97 Å². The Labute approximate surface area is 109 Å². The molecule has 0 amide bonds. The van der Waals surface area contributed by atoms with Gasteiger partial charge in [0.15, 0.2) is 0 Å². The van der Waals surface area contributed by atoms with Crippen molar-refractivity contribution in [2.45, 2.75) is 65.1 Å². The number of rotatable bonds is 5. The molecule has 1 unspecified atom stereocenters. The highest BCUT2D eigenvalue weighted by molar-refractivity contribution is 5.67. The average Bonchev–Trinajstić information content (AvgIpc) is 2.13. The predicted octanol–water partition coefficient (Wildman–Crippen LogP) is 2.04. The van der Waals surface area contributed by atoms with E-state index in [0.717, 1.165) is 12.8 Å². The van der Waals surface area contributed by atoms with Gasteiger partial charge in [-0.2, -0.15) is 0 Å². The lowest BCUT2D eigenvalue weighted by molar-refractivity contribution is -0.139. The molecule has 4 nitrogen and oxygen atoms in total. The molecular formula is C14H26O4. The summed E-state index contributed by atoms with van der Waals surface area (Å²) >= 11 is 0. The van der Waals surface area contributed by atoms with E-state index in [1.165, 1.54) is 0 Å². The van der Waals surface area contributed by atoms with E-state index >= 15 is 0 Å². The summed E-state index contributed by atoms with van der Waals surface area (Å²) in [5, 5.41) is 28.6. The van der Waals surface area contributed by atoms with E-state index in [0.29, 0.717) is 24.7 Å². The minimum Gasteiger partial charge on any atom is -0.481 e. The molecule has 1 fully saturated rings. The highest BCUT2D eigenvalue weighted by atomic mass is 16.4. The van der Waals surface area contributed by atoms with Crippen molar-refractivity contribution in [3.8, 4) is 0 Å². The van der Waals surface area contributed by atoms with Crippen LogP contribution in [0, 0.1) is 17.3 Å². The van der Waals surface area contributed by atoms with E-state index in [-0.39, 0.29) is 17.9 Å². The van der Waals surface area contributed by atoms with Crippen molar-refractivity contribution in [3.63, 3.8) is 0 Å². The molecule has 1 aliphatic rings. The maximum atomic E-state index is 10.6. The molecule has 106 valence electrons. The zero-order valence-electron chi connectivity index (χ0n) is 11.6. The predicted molar refractivity (Wildman–Crippen MR) is 69.2 cm³/mol. The van der Waals surface area contributed by atoms with Crippen LogP contribution >= 0.6 is 0 Å². The standard InChI is InChI=1S/C14H26O4/c1-9(2)11-4-5-14(3,8-12(11)16)7-10(15)6-13(17)18/h9-12,15-16H,4-8H2,1-3H3,(H,17,18)/t10?,11-,12+,14-/m1/s1. The Balaban J connectivity index is 2.54. The highest BCUT2D eigenvalue weighted by Gasteiger charge is 2.39. The lowest BCUT2D eigenvalue weighted by Crippen LogP contribution is -2.39. The summed E-state index contributed by atoms with van der Waals surface area (Å²) in [6.07, 6.45) is 1.67. The average molecular weight is 258 g/mol. The Morgan fingerprint density at radius 3 is 2.50 bits per heavy atom. The monoisotopic (exact) mass is 258 g/mol. The largest absolute Gasteiger partial charge is 0.481 e. The fourth-order valence-electron chi connectivity index (χ4n) is 3.27. The first kappa shape index (κ1) is 15.4. The van der Waals surface area contributed by atoms with Gasteiger partial charge in [-0.1, -0.05) is 20.8 Å². The van der Waals surface area contributed by atoms with Gasteiger partial charge in [0.2, 0.25) is 0 Å². The molecule has 0 bridgehead atoms. The summed E-state index contributed by atoms with van der Waals surface area (Å²) in [7, 11) is 0. The molecule has 1 rings (SSSR count). The minimum atomic E-state index is -0.970. The molecule has 0 aromatic heterocycles. The van der Waals surface area contributed by atoms with Crippen LogP contribution in [0.1, 0.15) is 52.9 Å². The second-order valence-electron chi connectivity index (χ2n) is 6.48. The molecule has 0 saturated heterocycles. The SMILES string of the molecule is CC(C)[C@H]1CC[C@](C)(CC(O)CC(=O)O)C[C@@H]1O. The van der Waals surface area contributed by atoms with Crippen LogP contribution in [0.4, 0.5) is 0 Å². The third-order valence-electron chi connectivity index (χ3n) is 4.27. The Hall–Kier alpha value is -0.610. The number of carbonyl (C=O) groups is 1. The minimum absolute atomic E-state index is 0.139. The van der Waals surface area contributed by atoms with Crippen molar-refractivity contribution < 1.29 is 20.1 Å². The number of aliphatic carboxylic acids is 1. The molecule has 18 heavy (non-hydrogen) atoms. The van der Waals surface area contributed by atoms with Gasteiger partial charge in [0.1, 0.15) is 0 Å². The molecule has 0 radical (unpaired) electrons. The molecule has 0 heterocycles. The maximum Gasteiger partial charge on any atom is 0.305 e. The van der Waals surface area contributed by atoms with Crippen molar-refractivity contribution in [1.82, 2.24) is 0 Å². The van der Waals surface area contributed by atoms with E-state index in [2.05, 4.69) is 13.8 Å². The number of carboxylic acids is 1. The smallest absolute Gasteiger partial charge is 0.305 e. The van der Waals surface area contributed by atoms with Crippen molar-refractivity contribution in [2.75, 3.05) is 0 Å². The van der Waals surface area contributed by atoms with Crippen LogP contribution in [0.15, 0.2) is 0 Å². The quantitative estimate of drug-likeness (QED) is 0.705. The second-order valence-corrected chi connectivity index (χ2v) is 6.48. The van der Waals surface area contributed by atoms with Crippen LogP contribution in [-0.4, -0.2) is 33.5 Å². The van der Waals surface area contributed by atoms with Crippen LogP contribution < -0.4 is 0 Å². The first-order chi connectivity index (χ1) is 8.23. The summed E-state index contributed by atoms with van der Waals surface area (Å²) in [6.45, 7) is 6.28. The number of hydrogen-bond donors (Lipinski definition) is 3. The van der Waals surface area contributed by atoms with Gasteiger partial charge in [-0.15, -0.1) is 0 Å². The number of carboxylic acid groups (broad SMARTS) is 1. The van der Waals surface area contributed by atoms with Gasteiger partial charge in [0.05, 0.1) is 18.6 Å². The summed E-state index contributed by atoms with van der Waals surface area (Å²) < 4.78 is 0. The van der Waals surface area contributed by atoms with Crippen LogP contribution in [0.3, 0.4) is 0 Å². The fraction of sp³-hybridized carbons (Fsp3) is 0.929. The zero-order valence-corrected chi connectivity index (χ0v) is 11.6. The van der Waals surface area contributed by atoms with Gasteiger partial charge in [-0.05, 0) is 42.9 Å². The lowest BCUT2D eigenvalue weighted by atomic mass is 9.65. The Bertz CT molecular complexity index is 290. The summed E-state index contributed by atoms with van der Waals surface area (Å²) in [4.78, 5) is 10.6. The normalized spacial score (nSPS) is 34.6. The maximum absolute atomic E-state index is 10.6. The van der Waals surface area contributed by atoms with E-state index in [1.54, 1.807) is 0 Å². The van der Waals surface area contributed by atoms with E-state index < -0.39 is 12.1 Å². The van der Waals surface area contributed by atoms with E-state index in [1.807, 2.05) is 6.92 Å². The molecule has 4 heteroatoms. The van der Waals surface area contributed by atoms with Gasteiger partial charge in [-0.3, -0.25) is 4.79 Å².